The summed E-state index contributed by atoms with van der Waals surface area (Å²) in [4.78, 5) is 2.51. The minimum atomic E-state index is 0.414. The van der Waals surface area contributed by atoms with Gasteiger partial charge in [-0.2, -0.15) is 0 Å². The second-order valence-corrected chi connectivity index (χ2v) is 4.51. The van der Waals surface area contributed by atoms with Gasteiger partial charge in [-0.3, -0.25) is 0 Å². The number of nitrogens with zero attached hydrogens (tertiary/aromatic N) is 1. The lowest BCUT2D eigenvalue weighted by Gasteiger charge is -2.34. The van der Waals surface area contributed by atoms with Crippen molar-refractivity contribution < 1.29 is 4.42 Å². The summed E-state index contributed by atoms with van der Waals surface area (Å²) in [6.07, 6.45) is 5.00. The number of furan rings is 1. The molecule has 0 aromatic carbocycles. The fraction of sp³-hybridized carbons (Fsp3) is 0.667. The number of hydrogen-bond acceptors (Lipinski definition) is 3. The molecule has 2 rings (SSSR count). The van der Waals surface area contributed by atoms with Crippen molar-refractivity contribution in [3.8, 4) is 0 Å². The Hall–Kier alpha value is -0.800. The lowest BCUT2D eigenvalue weighted by Crippen LogP contribution is -2.44. The van der Waals surface area contributed by atoms with E-state index in [4.69, 9.17) is 10.2 Å². The monoisotopic (exact) mass is 208 g/mol. The Balaban J connectivity index is 1.83. The zero-order chi connectivity index (χ0) is 10.7. The van der Waals surface area contributed by atoms with Crippen LogP contribution in [0.15, 0.2) is 22.8 Å². The molecule has 3 heteroatoms. The van der Waals surface area contributed by atoms with E-state index in [9.17, 15) is 0 Å². The highest BCUT2D eigenvalue weighted by molar-refractivity contribution is 5.00. The summed E-state index contributed by atoms with van der Waals surface area (Å²) in [5.74, 6) is 1.08. The summed E-state index contributed by atoms with van der Waals surface area (Å²) in [5.41, 5.74) is 5.89. The molecule has 1 fully saturated rings. The molecular weight excluding hydrogens is 188 g/mol. The van der Waals surface area contributed by atoms with Gasteiger partial charge >= 0.3 is 0 Å². The second kappa shape index (κ2) is 4.81. The summed E-state index contributed by atoms with van der Waals surface area (Å²) >= 11 is 0. The van der Waals surface area contributed by atoms with Crippen molar-refractivity contribution in [2.24, 2.45) is 5.73 Å². The zero-order valence-corrected chi connectivity index (χ0v) is 9.36. The van der Waals surface area contributed by atoms with Crippen LogP contribution in [-0.2, 0) is 6.42 Å². The first kappa shape index (κ1) is 10.7. The van der Waals surface area contributed by atoms with Crippen LogP contribution >= 0.6 is 0 Å². The molecule has 2 heterocycles. The van der Waals surface area contributed by atoms with Crippen LogP contribution in [0.25, 0.3) is 0 Å². The lowest BCUT2D eigenvalue weighted by atomic mass is 10.0. The minimum Gasteiger partial charge on any atom is -0.469 e. The average Bonchev–Trinajstić information content (AvgIpc) is 2.71. The van der Waals surface area contributed by atoms with E-state index in [2.05, 4.69) is 11.8 Å². The molecule has 3 nitrogen and oxygen atoms in total. The van der Waals surface area contributed by atoms with Gasteiger partial charge in [0.25, 0.3) is 0 Å². The normalized spacial score (nSPS) is 21.7. The molecule has 0 bridgehead atoms. The van der Waals surface area contributed by atoms with Gasteiger partial charge < -0.3 is 15.1 Å². The standard InChI is InChI=1S/C12H20N2O/c1-10(9-12-3-2-8-15-12)14-6-4-11(13)5-7-14/h2-3,8,10-11H,4-7,9,13H2,1H3. The molecule has 1 saturated heterocycles. The first-order chi connectivity index (χ1) is 7.25. The summed E-state index contributed by atoms with van der Waals surface area (Å²) in [6.45, 7) is 4.52. The first-order valence-electron chi connectivity index (χ1n) is 5.77. The third kappa shape index (κ3) is 2.83. The number of hydrogen-bond donors (Lipinski definition) is 1. The smallest absolute Gasteiger partial charge is 0.105 e. The summed E-state index contributed by atoms with van der Waals surface area (Å²) in [7, 11) is 0. The first-order valence-corrected chi connectivity index (χ1v) is 5.77. The topological polar surface area (TPSA) is 42.4 Å². The molecule has 0 aliphatic carbocycles. The van der Waals surface area contributed by atoms with Crippen molar-refractivity contribution in [1.29, 1.82) is 0 Å². The van der Waals surface area contributed by atoms with E-state index in [1.165, 1.54) is 0 Å². The van der Waals surface area contributed by atoms with Crippen molar-refractivity contribution in [3.63, 3.8) is 0 Å². The van der Waals surface area contributed by atoms with Gasteiger partial charge in [-0.05, 0) is 45.0 Å². The van der Waals surface area contributed by atoms with E-state index in [0.717, 1.165) is 38.1 Å². The van der Waals surface area contributed by atoms with Crippen LogP contribution in [-0.4, -0.2) is 30.1 Å². The molecule has 0 radical (unpaired) electrons. The predicted molar refractivity (Wildman–Crippen MR) is 60.7 cm³/mol. The van der Waals surface area contributed by atoms with Gasteiger partial charge in [0.1, 0.15) is 5.76 Å². The maximum atomic E-state index is 5.89. The molecule has 15 heavy (non-hydrogen) atoms. The van der Waals surface area contributed by atoms with Crippen molar-refractivity contribution in [3.05, 3.63) is 24.2 Å². The number of nitrogens with two attached hydrogens (primary N) is 1. The molecule has 1 unspecified atom stereocenters. The third-order valence-corrected chi connectivity index (χ3v) is 3.27. The van der Waals surface area contributed by atoms with Gasteiger partial charge in [-0.15, -0.1) is 0 Å². The zero-order valence-electron chi connectivity index (χ0n) is 9.36. The fourth-order valence-corrected chi connectivity index (χ4v) is 2.21. The Morgan fingerprint density at radius 2 is 2.27 bits per heavy atom. The van der Waals surface area contributed by atoms with Gasteiger partial charge in [0.15, 0.2) is 0 Å². The maximum absolute atomic E-state index is 5.89. The van der Waals surface area contributed by atoms with Crippen molar-refractivity contribution in [2.75, 3.05) is 13.1 Å². The van der Waals surface area contributed by atoms with E-state index >= 15 is 0 Å². The predicted octanol–water partition coefficient (Wildman–Crippen LogP) is 1.63. The molecule has 0 saturated carbocycles. The van der Waals surface area contributed by atoms with Gasteiger partial charge in [-0.25, -0.2) is 0 Å². The van der Waals surface area contributed by atoms with E-state index in [0.29, 0.717) is 12.1 Å². The SMILES string of the molecule is CC(Cc1ccco1)N1CCC(N)CC1. The van der Waals surface area contributed by atoms with Crippen LogP contribution in [0.4, 0.5) is 0 Å². The summed E-state index contributed by atoms with van der Waals surface area (Å²) < 4.78 is 5.36. The van der Waals surface area contributed by atoms with Crippen molar-refractivity contribution in [1.82, 2.24) is 4.90 Å². The van der Waals surface area contributed by atoms with Crippen LogP contribution in [0.2, 0.25) is 0 Å². The Labute approximate surface area is 91.2 Å². The molecule has 1 aromatic heterocycles. The van der Waals surface area contributed by atoms with E-state index in [1.807, 2.05) is 12.1 Å². The van der Waals surface area contributed by atoms with Crippen LogP contribution < -0.4 is 5.73 Å². The molecule has 1 aliphatic rings. The van der Waals surface area contributed by atoms with Crippen LogP contribution in [0.3, 0.4) is 0 Å². The second-order valence-electron chi connectivity index (χ2n) is 4.51. The van der Waals surface area contributed by atoms with E-state index in [-0.39, 0.29) is 0 Å². The fourth-order valence-electron chi connectivity index (χ4n) is 2.21. The Bertz CT molecular complexity index is 276. The molecule has 1 aliphatic heterocycles. The Morgan fingerprint density at radius 3 is 2.87 bits per heavy atom. The Morgan fingerprint density at radius 1 is 1.53 bits per heavy atom. The maximum Gasteiger partial charge on any atom is 0.105 e. The quantitative estimate of drug-likeness (QED) is 0.821. The lowest BCUT2D eigenvalue weighted by molar-refractivity contribution is 0.158. The average molecular weight is 208 g/mol. The van der Waals surface area contributed by atoms with Crippen LogP contribution in [0.1, 0.15) is 25.5 Å². The molecule has 2 N–H and O–H groups in total. The molecule has 1 aromatic rings. The number of rotatable bonds is 3. The molecule has 1 atom stereocenters. The molecule has 0 spiro atoms. The van der Waals surface area contributed by atoms with E-state index in [1.54, 1.807) is 6.26 Å². The highest BCUT2D eigenvalue weighted by Gasteiger charge is 2.20. The largest absolute Gasteiger partial charge is 0.469 e. The van der Waals surface area contributed by atoms with Gasteiger partial charge in [-0.1, -0.05) is 0 Å². The van der Waals surface area contributed by atoms with Crippen molar-refractivity contribution in [2.45, 2.75) is 38.3 Å². The highest BCUT2D eigenvalue weighted by Crippen LogP contribution is 2.15. The molecular formula is C12H20N2O. The summed E-state index contributed by atoms with van der Waals surface area (Å²) in [6, 6.07) is 4.97. The number of piperidine rings is 1. The van der Waals surface area contributed by atoms with Crippen LogP contribution in [0, 0.1) is 0 Å². The van der Waals surface area contributed by atoms with Gasteiger partial charge in [0, 0.05) is 18.5 Å². The third-order valence-electron chi connectivity index (χ3n) is 3.27. The molecule has 84 valence electrons. The van der Waals surface area contributed by atoms with E-state index < -0.39 is 0 Å². The van der Waals surface area contributed by atoms with Gasteiger partial charge in [0.2, 0.25) is 0 Å². The minimum absolute atomic E-state index is 0.414. The van der Waals surface area contributed by atoms with Crippen molar-refractivity contribution >= 4 is 0 Å². The van der Waals surface area contributed by atoms with Crippen LogP contribution in [0.5, 0.6) is 0 Å². The number of likely N-dealkylation sites (tertiary alicyclic amines) is 1. The van der Waals surface area contributed by atoms with Gasteiger partial charge in [0.05, 0.1) is 6.26 Å². The molecule has 0 amide bonds. The summed E-state index contributed by atoms with van der Waals surface area (Å²) in [5, 5.41) is 0. The highest BCUT2D eigenvalue weighted by atomic mass is 16.3. The Kier molecular flexibility index (Phi) is 3.44.